The molecule has 1 saturated carbocycles. The summed E-state index contributed by atoms with van der Waals surface area (Å²) in [5.41, 5.74) is 2.19. The summed E-state index contributed by atoms with van der Waals surface area (Å²) in [6, 6.07) is 5.72. The smallest absolute Gasteiger partial charge is 0.123 e. The predicted octanol–water partition coefficient (Wildman–Crippen LogP) is 3.19. The Hall–Kier alpha value is -1.13. The van der Waals surface area contributed by atoms with Crippen LogP contribution in [-0.2, 0) is 11.3 Å². The van der Waals surface area contributed by atoms with Gasteiger partial charge in [0.05, 0.1) is 6.61 Å². The van der Waals surface area contributed by atoms with Crippen LogP contribution in [0.25, 0.3) is 0 Å². The lowest BCUT2D eigenvalue weighted by molar-refractivity contribution is 0.205. The summed E-state index contributed by atoms with van der Waals surface area (Å²) in [6.45, 7) is 7.57. The van der Waals surface area contributed by atoms with E-state index in [4.69, 9.17) is 4.74 Å². The highest BCUT2D eigenvalue weighted by molar-refractivity contribution is 5.55. The molecule has 0 radical (unpaired) electrons. The first-order valence-corrected chi connectivity index (χ1v) is 7.86. The van der Waals surface area contributed by atoms with Crippen molar-refractivity contribution in [2.45, 2.75) is 39.3 Å². The summed E-state index contributed by atoms with van der Waals surface area (Å²) in [5.74, 6) is 0.428. The van der Waals surface area contributed by atoms with Gasteiger partial charge >= 0.3 is 0 Å². The van der Waals surface area contributed by atoms with Gasteiger partial charge in [-0.1, -0.05) is 13.8 Å². The number of hydrogen-bond acceptors (Lipinski definition) is 3. The molecule has 1 aliphatic rings. The van der Waals surface area contributed by atoms with Gasteiger partial charge in [0.2, 0.25) is 0 Å². The van der Waals surface area contributed by atoms with Crippen molar-refractivity contribution in [1.82, 2.24) is 5.32 Å². The van der Waals surface area contributed by atoms with Crippen molar-refractivity contribution in [3.05, 3.63) is 29.6 Å². The number of rotatable bonds is 9. The molecule has 1 aromatic rings. The lowest BCUT2D eigenvalue weighted by Crippen LogP contribution is -2.31. The zero-order valence-electron chi connectivity index (χ0n) is 13.4. The van der Waals surface area contributed by atoms with E-state index in [9.17, 15) is 4.39 Å². The van der Waals surface area contributed by atoms with Crippen molar-refractivity contribution >= 4 is 5.69 Å². The third kappa shape index (κ3) is 4.97. The Balaban J connectivity index is 2.11. The SMILES string of the molecule is COCCN(c1ccc(F)cc1CNCC(C)C)C1CC1. The Morgan fingerprint density at radius 2 is 2.14 bits per heavy atom. The number of halogens is 1. The maximum atomic E-state index is 13.6. The van der Waals surface area contributed by atoms with E-state index in [1.54, 1.807) is 19.2 Å². The number of anilines is 1. The third-order valence-electron chi connectivity index (χ3n) is 3.74. The van der Waals surface area contributed by atoms with E-state index < -0.39 is 0 Å². The molecule has 21 heavy (non-hydrogen) atoms. The molecule has 0 unspecified atom stereocenters. The van der Waals surface area contributed by atoms with Crippen molar-refractivity contribution < 1.29 is 9.13 Å². The second-order valence-corrected chi connectivity index (χ2v) is 6.22. The van der Waals surface area contributed by atoms with Crippen LogP contribution in [0, 0.1) is 11.7 Å². The molecule has 118 valence electrons. The largest absolute Gasteiger partial charge is 0.383 e. The summed E-state index contributed by atoms with van der Waals surface area (Å²) < 4.78 is 18.8. The van der Waals surface area contributed by atoms with E-state index in [-0.39, 0.29) is 5.82 Å². The van der Waals surface area contributed by atoms with Crippen LogP contribution in [-0.4, -0.2) is 32.8 Å². The van der Waals surface area contributed by atoms with Gasteiger partial charge in [-0.25, -0.2) is 4.39 Å². The van der Waals surface area contributed by atoms with Crippen LogP contribution in [0.1, 0.15) is 32.3 Å². The van der Waals surface area contributed by atoms with E-state index in [2.05, 4.69) is 24.1 Å². The molecule has 0 amide bonds. The molecule has 4 heteroatoms. The molecular weight excluding hydrogens is 267 g/mol. The lowest BCUT2D eigenvalue weighted by Gasteiger charge is -2.27. The van der Waals surface area contributed by atoms with Crippen molar-refractivity contribution in [2.75, 3.05) is 31.7 Å². The van der Waals surface area contributed by atoms with Gasteiger partial charge in [-0.3, -0.25) is 0 Å². The van der Waals surface area contributed by atoms with Gasteiger partial charge in [-0.15, -0.1) is 0 Å². The summed E-state index contributed by atoms with van der Waals surface area (Å²) in [5, 5.41) is 3.41. The molecule has 1 N–H and O–H groups in total. The Kier molecular flexibility index (Phi) is 6.00. The van der Waals surface area contributed by atoms with Crippen molar-refractivity contribution in [3.63, 3.8) is 0 Å². The molecule has 0 atom stereocenters. The van der Waals surface area contributed by atoms with Crippen LogP contribution in [0.2, 0.25) is 0 Å². The Morgan fingerprint density at radius 3 is 2.76 bits per heavy atom. The van der Waals surface area contributed by atoms with Gasteiger partial charge in [0.25, 0.3) is 0 Å². The quantitative estimate of drug-likeness (QED) is 0.757. The molecule has 0 saturated heterocycles. The van der Waals surface area contributed by atoms with Crippen molar-refractivity contribution in [1.29, 1.82) is 0 Å². The fraction of sp³-hybridized carbons (Fsp3) is 0.647. The third-order valence-corrected chi connectivity index (χ3v) is 3.74. The molecule has 0 bridgehead atoms. The molecule has 2 rings (SSSR count). The van der Waals surface area contributed by atoms with Crippen molar-refractivity contribution in [2.24, 2.45) is 5.92 Å². The van der Waals surface area contributed by atoms with E-state index in [1.807, 2.05) is 6.07 Å². The second kappa shape index (κ2) is 7.76. The summed E-state index contributed by atoms with van der Waals surface area (Å²) in [4.78, 5) is 2.37. The molecule has 3 nitrogen and oxygen atoms in total. The summed E-state index contributed by atoms with van der Waals surface area (Å²) >= 11 is 0. The Bertz CT molecular complexity index is 446. The first-order valence-electron chi connectivity index (χ1n) is 7.86. The van der Waals surface area contributed by atoms with E-state index in [1.165, 1.54) is 12.8 Å². The van der Waals surface area contributed by atoms with Crippen LogP contribution in [0.4, 0.5) is 10.1 Å². The average Bonchev–Trinajstić information content (AvgIpc) is 3.25. The van der Waals surface area contributed by atoms with Crippen molar-refractivity contribution in [3.8, 4) is 0 Å². The molecule has 1 aromatic carbocycles. The van der Waals surface area contributed by atoms with E-state index in [0.717, 1.165) is 24.3 Å². The van der Waals surface area contributed by atoms with Crippen LogP contribution in [0.15, 0.2) is 18.2 Å². The summed E-state index contributed by atoms with van der Waals surface area (Å²) in [7, 11) is 1.72. The first-order chi connectivity index (χ1) is 10.1. The standard InChI is InChI=1S/C17H27FN2O/c1-13(2)11-19-12-14-10-15(18)4-7-17(14)20(8-9-21-3)16-5-6-16/h4,7,10,13,16,19H,5-6,8-9,11-12H2,1-3H3. The number of methoxy groups -OCH3 is 1. The van der Waals surface area contributed by atoms with Crippen LogP contribution in [0.5, 0.6) is 0 Å². The van der Waals surface area contributed by atoms with Gasteiger partial charge in [-0.05, 0) is 49.1 Å². The van der Waals surface area contributed by atoms with Gasteiger partial charge in [0.1, 0.15) is 5.82 Å². The maximum absolute atomic E-state index is 13.6. The number of ether oxygens (including phenoxy) is 1. The zero-order chi connectivity index (χ0) is 15.2. The second-order valence-electron chi connectivity index (χ2n) is 6.22. The normalized spacial score (nSPS) is 14.7. The molecule has 0 heterocycles. The van der Waals surface area contributed by atoms with Crippen LogP contribution >= 0.6 is 0 Å². The monoisotopic (exact) mass is 294 g/mol. The minimum atomic E-state index is -0.164. The summed E-state index contributed by atoms with van der Waals surface area (Å²) in [6.07, 6.45) is 2.44. The fourth-order valence-corrected chi connectivity index (χ4v) is 2.55. The van der Waals surface area contributed by atoms with Crippen LogP contribution in [0.3, 0.4) is 0 Å². The number of nitrogens with one attached hydrogen (secondary N) is 1. The van der Waals surface area contributed by atoms with E-state index in [0.29, 0.717) is 25.1 Å². The minimum Gasteiger partial charge on any atom is -0.383 e. The molecule has 0 spiro atoms. The maximum Gasteiger partial charge on any atom is 0.123 e. The average molecular weight is 294 g/mol. The Morgan fingerprint density at radius 1 is 1.38 bits per heavy atom. The lowest BCUT2D eigenvalue weighted by atomic mass is 10.1. The highest BCUT2D eigenvalue weighted by Crippen LogP contribution is 2.33. The fourth-order valence-electron chi connectivity index (χ4n) is 2.55. The molecule has 0 aliphatic heterocycles. The predicted molar refractivity (Wildman–Crippen MR) is 85.2 cm³/mol. The molecule has 1 aliphatic carbocycles. The molecule has 0 aromatic heterocycles. The Labute approximate surface area is 127 Å². The highest BCUT2D eigenvalue weighted by Gasteiger charge is 2.30. The van der Waals surface area contributed by atoms with Gasteiger partial charge in [0, 0.05) is 31.9 Å². The topological polar surface area (TPSA) is 24.5 Å². The number of nitrogens with zero attached hydrogens (tertiary/aromatic N) is 1. The molecule has 1 fully saturated rings. The number of benzene rings is 1. The number of hydrogen-bond donors (Lipinski definition) is 1. The van der Waals surface area contributed by atoms with E-state index >= 15 is 0 Å². The van der Waals surface area contributed by atoms with Gasteiger partial charge in [0.15, 0.2) is 0 Å². The first kappa shape index (κ1) is 16.2. The molecular formula is C17H27FN2O. The van der Waals surface area contributed by atoms with Gasteiger partial charge in [-0.2, -0.15) is 0 Å². The van der Waals surface area contributed by atoms with Gasteiger partial charge < -0.3 is 15.0 Å². The van der Waals surface area contributed by atoms with Crippen LogP contribution < -0.4 is 10.2 Å². The zero-order valence-corrected chi connectivity index (χ0v) is 13.4. The highest BCUT2D eigenvalue weighted by atomic mass is 19.1. The minimum absolute atomic E-state index is 0.164.